The number of carboxylic acids is 1. The van der Waals surface area contributed by atoms with Gasteiger partial charge in [0.2, 0.25) is 0 Å². The van der Waals surface area contributed by atoms with Crippen LogP contribution >= 0.6 is 23.2 Å². The van der Waals surface area contributed by atoms with Crippen molar-refractivity contribution in [3.63, 3.8) is 0 Å². The first-order valence-electron chi connectivity index (χ1n) is 9.49. The van der Waals surface area contributed by atoms with Gasteiger partial charge in [-0.1, -0.05) is 23.2 Å². The summed E-state index contributed by atoms with van der Waals surface area (Å²) in [5.41, 5.74) is 1.00. The summed E-state index contributed by atoms with van der Waals surface area (Å²) in [6, 6.07) is 10.1. The zero-order chi connectivity index (χ0) is 22.8. The van der Waals surface area contributed by atoms with Crippen LogP contribution in [0.3, 0.4) is 0 Å². The molecule has 0 spiro atoms. The summed E-state index contributed by atoms with van der Waals surface area (Å²) >= 11 is 12.2. The summed E-state index contributed by atoms with van der Waals surface area (Å²) in [4.78, 5) is 27.9. The fourth-order valence-electron chi connectivity index (χ4n) is 3.28. The molecule has 2 N–H and O–H groups in total. The number of hydrogen-bond acceptors (Lipinski definition) is 7. The van der Waals surface area contributed by atoms with Gasteiger partial charge in [0.1, 0.15) is 11.2 Å². The van der Waals surface area contributed by atoms with Gasteiger partial charge in [0.15, 0.2) is 18.2 Å². The minimum atomic E-state index is -1.18. The molecule has 0 amide bonds. The third-order valence-electron chi connectivity index (χ3n) is 4.87. The molecule has 11 heteroatoms. The van der Waals surface area contributed by atoms with Crippen LogP contribution in [0.25, 0.3) is 10.9 Å². The number of benzene rings is 1. The van der Waals surface area contributed by atoms with Crippen molar-refractivity contribution < 1.29 is 19.4 Å². The molecule has 0 aliphatic carbocycles. The minimum absolute atomic E-state index is 0.0149. The lowest BCUT2D eigenvalue weighted by Gasteiger charge is -2.27. The lowest BCUT2D eigenvalue weighted by atomic mass is 10.1. The first-order chi connectivity index (χ1) is 15.4. The summed E-state index contributed by atoms with van der Waals surface area (Å²) in [7, 11) is 0. The Hall–Kier alpha value is -3.32. The zero-order valence-electron chi connectivity index (χ0n) is 16.5. The number of rotatable bonds is 7. The molecule has 1 aromatic carbocycles. The highest BCUT2D eigenvalue weighted by atomic mass is 35.5. The van der Waals surface area contributed by atoms with Gasteiger partial charge in [0.05, 0.1) is 29.3 Å². The third kappa shape index (κ3) is 4.48. The smallest absolute Gasteiger partial charge is 0.341 e. The maximum Gasteiger partial charge on any atom is 0.341 e. The summed E-state index contributed by atoms with van der Waals surface area (Å²) in [6.07, 6.45) is 0. The number of carboxylic acid groups (broad SMARTS) is 1. The summed E-state index contributed by atoms with van der Waals surface area (Å²) in [6.45, 7) is 0.897. The second-order valence-corrected chi connectivity index (χ2v) is 7.94. The number of hydrogen-bond donors (Lipinski definition) is 2. The topological polar surface area (TPSA) is 126 Å². The number of nitrogens with zero attached hydrogens (tertiary/aromatic N) is 3. The van der Waals surface area contributed by atoms with Crippen molar-refractivity contribution >= 4 is 51.6 Å². The first kappa shape index (κ1) is 21.9. The molecular weight excluding hydrogens is 459 g/mol. The lowest BCUT2D eigenvalue weighted by molar-refractivity contribution is -0.139. The molecule has 0 saturated carbocycles. The molecule has 4 rings (SSSR count). The lowest BCUT2D eigenvalue weighted by Crippen LogP contribution is -2.35. The van der Waals surface area contributed by atoms with Gasteiger partial charge in [-0.25, -0.2) is 9.78 Å². The number of aromatic nitrogens is 2. The number of anilines is 2. The molecule has 32 heavy (non-hydrogen) atoms. The Labute approximate surface area is 191 Å². The molecular formula is C21H16Cl2N4O5. The maximum atomic E-state index is 12.9. The van der Waals surface area contributed by atoms with E-state index in [9.17, 15) is 9.59 Å². The van der Waals surface area contributed by atoms with E-state index in [2.05, 4.69) is 10.3 Å². The van der Waals surface area contributed by atoms with Crippen molar-refractivity contribution in [2.45, 2.75) is 6.54 Å². The fourth-order valence-corrected chi connectivity index (χ4v) is 3.66. The van der Waals surface area contributed by atoms with E-state index in [1.807, 2.05) is 6.07 Å². The van der Waals surface area contributed by atoms with Crippen molar-refractivity contribution in [1.29, 1.82) is 5.26 Å². The van der Waals surface area contributed by atoms with Gasteiger partial charge in [-0.3, -0.25) is 4.79 Å². The van der Waals surface area contributed by atoms with Crippen LogP contribution in [0.15, 0.2) is 35.1 Å². The van der Waals surface area contributed by atoms with E-state index in [-0.39, 0.29) is 33.2 Å². The number of nitriles is 1. The second kappa shape index (κ2) is 9.04. The fraction of sp³-hybridized carbons (Fsp3) is 0.238. The molecule has 0 radical (unpaired) electrons. The summed E-state index contributed by atoms with van der Waals surface area (Å²) < 4.78 is 12.0. The van der Waals surface area contributed by atoms with Crippen LogP contribution in [-0.2, 0) is 16.1 Å². The van der Waals surface area contributed by atoms with Crippen LogP contribution in [0.1, 0.15) is 5.56 Å². The van der Waals surface area contributed by atoms with E-state index in [0.717, 1.165) is 0 Å². The largest absolute Gasteiger partial charge is 0.479 e. The SMILES string of the molecule is N#Cc1cc(Cl)c(Nc2ccc3c(c2)cc(OCC(=O)O)c(=O)n3CC2COC2)nc1Cl. The number of nitrogens with one attached hydrogen (secondary N) is 1. The highest BCUT2D eigenvalue weighted by Crippen LogP contribution is 2.30. The van der Waals surface area contributed by atoms with Crippen molar-refractivity contribution in [2.24, 2.45) is 5.92 Å². The van der Waals surface area contributed by atoms with Gasteiger partial charge in [-0.15, -0.1) is 0 Å². The number of halogens is 2. The minimum Gasteiger partial charge on any atom is -0.479 e. The van der Waals surface area contributed by atoms with Gasteiger partial charge >= 0.3 is 5.97 Å². The number of pyridine rings is 2. The Balaban J connectivity index is 1.74. The van der Waals surface area contributed by atoms with Crippen LogP contribution in [0.5, 0.6) is 5.75 Å². The van der Waals surface area contributed by atoms with Gasteiger partial charge < -0.3 is 24.5 Å². The van der Waals surface area contributed by atoms with Crippen LogP contribution in [0.4, 0.5) is 11.5 Å². The molecule has 9 nitrogen and oxygen atoms in total. The highest BCUT2D eigenvalue weighted by molar-refractivity contribution is 6.35. The van der Waals surface area contributed by atoms with E-state index in [4.69, 9.17) is 43.0 Å². The molecule has 2 aromatic heterocycles. The standard InChI is InChI=1S/C21H16Cl2N4O5/c22-15-4-13(6-24)19(23)26-20(15)25-14-1-2-16-12(3-14)5-17(32-10-18(28)29)21(30)27(16)7-11-8-31-9-11/h1-5,11H,7-10H2,(H,25,26)(H,28,29). The Morgan fingerprint density at radius 2 is 2.12 bits per heavy atom. The van der Waals surface area contributed by atoms with Crippen LogP contribution in [0, 0.1) is 17.2 Å². The van der Waals surface area contributed by atoms with Crippen molar-refractivity contribution in [2.75, 3.05) is 25.1 Å². The molecule has 0 unspecified atom stereocenters. The Morgan fingerprint density at radius 1 is 1.34 bits per heavy atom. The molecule has 1 saturated heterocycles. The van der Waals surface area contributed by atoms with Crippen molar-refractivity contribution in [3.05, 3.63) is 56.4 Å². The van der Waals surface area contributed by atoms with E-state index in [1.54, 1.807) is 22.8 Å². The van der Waals surface area contributed by atoms with Gasteiger partial charge in [-0.2, -0.15) is 5.26 Å². The van der Waals surface area contributed by atoms with Gasteiger partial charge in [-0.05, 0) is 30.3 Å². The number of aliphatic carboxylic acids is 1. The quantitative estimate of drug-likeness (QED) is 0.498. The maximum absolute atomic E-state index is 12.9. The molecule has 1 fully saturated rings. The van der Waals surface area contributed by atoms with Gasteiger partial charge in [0.25, 0.3) is 5.56 Å². The number of carbonyl (C=O) groups is 1. The molecule has 0 bridgehead atoms. The predicted octanol–water partition coefficient (Wildman–Crippen LogP) is 3.43. The van der Waals surface area contributed by atoms with Crippen LogP contribution < -0.4 is 15.6 Å². The van der Waals surface area contributed by atoms with E-state index < -0.39 is 18.1 Å². The number of fused-ring (bicyclic) bond motifs is 1. The molecule has 164 valence electrons. The Morgan fingerprint density at radius 3 is 2.78 bits per heavy atom. The zero-order valence-corrected chi connectivity index (χ0v) is 18.0. The van der Waals surface area contributed by atoms with E-state index in [1.165, 1.54) is 12.1 Å². The summed E-state index contributed by atoms with van der Waals surface area (Å²) in [5.74, 6) is -0.795. The normalized spacial score (nSPS) is 13.4. The average molecular weight is 475 g/mol. The average Bonchev–Trinajstić information content (AvgIpc) is 2.72. The van der Waals surface area contributed by atoms with Crippen molar-refractivity contribution in [3.8, 4) is 11.8 Å². The van der Waals surface area contributed by atoms with Crippen LogP contribution in [0.2, 0.25) is 10.2 Å². The molecule has 3 heterocycles. The summed E-state index contributed by atoms with van der Waals surface area (Å²) in [5, 5.41) is 21.9. The molecule has 3 aromatic rings. The van der Waals surface area contributed by atoms with Crippen LogP contribution in [-0.4, -0.2) is 40.4 Å². The van der Waals surface area contributed by atoms with Gasteiger partial charge in [0, 0.05) is 23.5 Å². The number of ether oxygens (including phenoxy) is 2. The van der Waals surface area contributed by atoms with E-state index >= 15 is 0 Å². The molecule has 0 atom stereocenters. The molecule has 1 aliphatic rings. The first-order valence-corrected chi connectivity index (χ1v) is 10.2. The Kier molecular flexibility index (Phi) is 6.19. The predicted molar refractivity (Wildman–Crippen MR) is 118 cm³/mol. The molecule has 1 aliphatic heterocycles. The highest BCUT2D eigenvalue weighted by Gasteiger charge is 2.22. The van der Waals surface area contributed by atoms with E-state index in [0.29, 0.717) is 36.3 Å². The second-order valence-electron chi connectivity index (χ2n) is 7.18. The monoisotopic (exact) mass is 474 g/mol. The Bertz CT molecular complexity index is 1310. The van der Waals surface area contributed by atoms with Crippen molar-refractivity contribution in [1.82, 2.24) is 9.55 Å². The third-order valence-corrected chi connectivity index (χ3v) is 5.45.